The molecule has 1 aliphatic heterocycles. The second-order valence-electron chi connectivity index (χ2n) is 3.94. The summed E-state index contributed by atoms with van der Waals surface area (Å²) < 4.78 is 2.26. The van der Waals surface area contributed by atoms with Gasteiger partial charge in [-0.05, 0) is 18.1 Å². The molecule has 0 radical (unpaired) electrons. The fourth-order valence-corrected chi connectivity index (χ4v) is 3.17. The van der Waals surface area contributed by atoms with Crippen LogP contribution in [0.25, 0.3) is 11.2 Å². The first-order valence-electron chi connectivity index (χ1n) is 5.32. The van der Waals surface area contributed by atoms with Gasteiger partial charge in [0.05, 0.1) is 0 Å². The molecule has 15 heavy (non-hydrogen) atoms. The average Bonchev–Trinajstić information content (AvgIpc) is 2.66. The highest BCUT2D eigenvalue weighted by atomic mass is 32.2. The molecule has 1 aliphatic rings. The molecule has 3 rings (SSSR count). The van der Waals surface area contributed by atoms with Crippen LogP contribution < -0.4 is 0 Å². The monoisotopic (exact) mass is 219 g/mol. The Hall–Kier alpha value is -1.03. The summed E-state index contributed by atoms with van der Waals surface area (Å²) in [6, 6.07) is 3.98. The molecule has 4 heteroatoms. The lowest BCUT2D eigenvalue weighted by molar-refractivity contribution is 0.447. The molecule has 3 heterocycles. The van der Waals surface area contributed by atoms with Crippen LogP contribution in [0.15, 0.2) is 23.5 Å². The van der Waals surface area contributed by atoms with Gasteiger partial charge in [-0.2, -0.15) is 0 Å². The first-order valence-corrected chi connectivity index (χ1v) is 6.31. The number of imidazole rings is 1. The summed E-state index contributed by atoms with van der Waals surface area (Å²) in [5.74, 6) is 1.96. The van der Waals surface area contributed by atoms with Crippen LogP contribution in [0.3, 0.4) is 0 Å². The number of rotatable bonds is 1. The normalized spacial score (nSPS) is 20.5. The highest BCUT2D eigenvalue weighted by molar-refractivity contribution is 7.99. The Kier molecular flexibility index (Phi) is 2.16. The first kappa shape index (κ1) is 9.21. The third-order valence-electron chi connectivity index (χ3n) is 2.94. The van der Waals surface area contributed by atoms with Gasteiger partial charge in [0.2, 0.25) is 0 Å². The van der Waals surface area contributed by atoms with E-state index >= 15 is 0 Å². The fraction of sp³-hybridized carbons (Fsp3) is 0.455. The lowest BCUT2D eigenvalue weighted by atomic mass is 10.1. The third-order valence-corrected chi connectivity index (χ3v) is 4.14. The lowest BCUT2D eigenvalue weighted by Crippen LogP contribution is -2.18. The van der Waals surface area contributed by atoms with Crippen LogP contribution in [0.1, 0.15) is 13.3 Å². The van der Waals surface area contributed by atoms with Gasteiger partial charge in [0.1, 0.15) is 5.52 Å². The minimum absolute atomic E-state index is 0.766. The number of hydrogen-bond acceptors (Lipinski definition) is 3. The van der Waals surface area contributed by atoms with E-state index in [9.17, 15) is 0 Å². The van der Waals surface area contributed by atoms with Crippen molar-refractivity contribution in [1.29, 1.82) is 0 Å². The molecule has 0 aromatic carbocycles. The smallest absolute Gasteiger partial charge is 0.170 e. The van der Waals surface area contributed by atoms with Crippen molar-refractivity contribution in [3.63, 3.8) is 0 Å². The van der Waals surface area contributed by atoms with E-state index in [1.807, 2.05) is 30.1 Å². The van der Waals surface area contributed by atoms with Crippen LogP contribution in [0.5, 0.6) is 0 Å². The minimum atomic E-state index is 0.766. The van der Waals surface area contributed by atoms with E-state index in [-0.39, 0.29) is 0 Å². The average molecular weight is 219 g/mol. The Morgan fingerprint density at radius 1 is 1.60 bits per heavy atom. The second-order valence-corrected chi connectivity index (χ2v) is 4.92. The van der Waals surface area contributed by atoms with E-state index in [1.54, 1.807) is 0 Å². The molecule has 1 unspecified atom stereocenters. The molecule has 0 spiro atoms. The van der Waals surface area contributed by atoms with Gasteiger partial charge in [0.15, 0.2) is 10.8 Å². The molecule has 1 atom stereocenters. The van der Waals surface area contributed by atoms with Crippen LogP contribution in [-0.2, 0) is 6.54 Å². The Morgan fingerprint density at radius 3 is 3.40 bits per heavy atom. The zero-order valence-electron chi connectivity index (χ0n) is 8.68. The van der Waals surface area contributed by atoms with Gasteiger partial charge in [-0.1, -0.05) is 25.1 Å². The van der Waals surface area contributed by atoms with Gasteiger partial charge >= 0.3 is 0 Å². The lowest BCUT2D eigenvalue weighted by Gasteiger charge is -2.21. The van der Waals surface area contributed by atoms with Crippen molar-refractivity contribution in [1.82, 2.24) is 14.5 Å². The highest BCUT2D eigenvalue weighted by Gasteiger charge is 2.21. The van der Waals surface area contributed by atoms with Crippen molar-refractivity contribution >= 4 is 22.9 Å². The molecule has 2 aromatic heterocycles. The zero-order valence-corrected chi connectivity index (χ0v) is 9.50. The van der Waals surface area contributed by atoms with Gasteiger partial charge in [-0.3, -0.25) is 0 Å². The van der Waals surface area contributed by atoms with Crippen molar-refractivity contribution in [2.24, 2.45) is 5.92 Å². The molecular formula is C11H13N3S. The summed E-state index contributed by atoms with van der Waals surface area (Å²) in [7, 11) is 0. The molecule has 2 aromatic rings. The maximum atomic E-state index is 4.59. The number of aromatic nitrogens is 3. The number of thioether (sulfide) groups is 1. The summed E-state index contributed by atoms with van der Waals surface area (Å²) in [5, 5.41) is 1.13. The number of nitrogens with zero attached hydrogens (tertiary/aromatic N) is 3. The van der Waals surface area contributed by atoms with E-state index in [0.717, 1.165) is 28.8 Å². The molecule has 78 valence electrons. The number of fused-ring (bicyclic) bond motifs is 3. The van der Waals surface area contributed by atoms with Crippen molar-refractivity contribution < 1.29 is 0 Å². The molecule has 0 amide bonds. The predicted octanol–water partition coefficient (Wildman–Crippen LogP) is 2.56. The van der Waals surface area contributed by atoms with E-state index in [4.69, 9.17) is 0 Å². The minimum Gasteiger partial charge on any atom is -0.303 e. The molecule has 0 saturated heterocycles. The van der Waals surface area contributed by atoms with Crippen LogP contribution in [-0.4, -0.2) is 20.3 Å². The molecule has 0 fully saturated rings. The summed E-state index contributed by atoms with van der Waals surface area (Å²) >= 11 is 1.86. The van der Waals surface area contributed by atoms with E-state index < -0.39 is 0 Å². The largest absolute Gasteiger partial charge is 0.303 e. The van der Waals surface area contributed by atoms with Crippen molar-refractivity contribution in [3.8, 4) is 0 Å². The van der Waals surface area contributed by atoms with Crippen molar-refractivity contribution in [2.45, 2.75) is 25.0 Å². The molecule has 0 saturated carbocycles. The van der Waals surface area contributed by atoms with Crippen LogP contribution in [0.2, 0.25) is 0 Å². The second kappa shape index (κ2) is 3.52. The van der Waals surface area contributed by atoms with E-state index in [2.05, 4.69) is 21.5 Å². The Labute approximate surface area is 92.9 Å². The van der Waals surface area contributed by atoms with Crippen molar-refractivity contribution in [2.75, 3.05) is 5.75 Å². The number of pyridine rings is 1. The standard InChI is InChI=1S/C11H13N3S/c1-2-8-6-14-10-9(4-3-5-12-10)13-11(14)15-7-8/h3-5,8H,2,6-7H2,1H3. The van der Waals surface area contributed by atoms with Gasteiger partial charge in [-0.15, -0.1) is 0 Å². The molecule has 0 bridgehead atoms. The number of hydrogen-bond donors (Lipinski definition) is 0. The Balaban J connectivity index is 2.14. The third kappa shape index (κ3) is 1.44. The van der Waals surface area contributed by atoms with Crippen LogP contribution in [0, 0.1) is 5.92 Å². The van der Waals surface area contributed by atoms with Gasteiger partial charge in [0.25, 0.3) is 0 Å². The SMILES string of the molecule is CCC1CSc2nc3cccnc3n2C1. The summed E-state index contributed by atoms with van der Waals surface area (Å²) in [6.45, 7) is 3.33. The summed E-state index contributed by atoms with van der Waals surface area (Å²) in [4.78, 5) is 9.00. The Morgan fingerprint density at radius 2 is 2.53 bits per heavy atom. The highest BCUT2D eigenvalue weighted by Crippen LogP contribution is 2.31. The van der Waals surface area contributed by atoms with Crippen LogP contribution in [0.4, 0.5) is 0 Å². The predicted molar refractivity (Wildman–Crippen MR) is 62.0 cm³/mol. The molecule has 3 nitrogen and oxygen atoms in total. The van der Waals surface area contributed by atoms with E-state index in [1.165, 1.54) is 12.2 Å². The first-order chi connectivity index (χ1) is 7.38. The molecular weight excluding hydrogens is 206 g/mol. The maximum Gasteiger partial charge on any atom is 0.170 e. The van der Waals surface area contributed by atoms with E-state index in [0.29, 0.717) is 0 Å². The Bertz CT molecular complexity index is 492. The van der Waals surface area contributed by atoms with Crippen LogP contribution >= 0.6 is 11.8 Å². The van der Waals surface area contributed by atoms with Gasteiger partial charge in [-0.25, -0.2) is 9.97 Å². The fourth-order valence-electron chi connectivity index (χ4n) is 1.96. The summed E-state index contributed by atoms with van der Waals surface area (Å²) in [6.07, 6.45) is 3.08. The topological polar surface area (TPSA) is 30.7 Å². The molecule has 0 N–H and O–H groups in total. The van der Waals surface area contributed by atoms with Gasteiger partial charge < -0.3 is 4.57 Å². The quantitative estimate of drug-likeness (QED) is 0.738. The summed E-state index contributed by atoms with van der Waals surface area (Å²) in [5.41, 5.74) is 2.06. The molecule has 0 aliphatic carbocycles. The maximum absolute atomic E-state index is 4.59. The van der Waals surface area contributed by atoms with Crippen molar-refractivity contribution in [3.05, 3.63) is 18.3 Å². The zero-order chi connectivity index (χ0) is 10.3. The van der Waals surface area contributed by atoms with Gasteiger partial charge in [0, 0.05) is 18.5 Å².